The van der Waals surface area contributed by atoms with E-state index in [4.69, 9.17) is 0 Å². The standard InChI is InChI=1S/C18H23N3O4S/c1-13-6-10-21(11-7-13)17(22)14-4-3-5-15(12-14)26(24,25)19-16-8-9-20(2)18(16)23/h3-6,12,16,19H,7-11H2,1-2H3/t16-/m1/s1. The number of likely N-dealkylation sites (N-methyl/N-ethyl adjacent to an activating group) is 1. The zero-order valence-corrected chi connectivity index (χ0v) is 15.8. The van der Waals surface area contributed by atoms with E-state index in [9.17, 15) is 18.0 Å². The van der Waals surface area contributed by atoms with Crippen LogP contribution in [-0.4, -0.2) is 62.8 Å². The number of rotatable bonds is 4. The molecule has 1 atom stereocenters. The van der Waals surface area contributed by atoms with E-state index in [0.717, 1.165) is 6.42 Å². The Labute approximate surface area is 153 Å². The van der Waals surface area contributed by atoms with Crippen molar-refractivity contribution in [3.63, 3.8) is 0 Å². The number of carbonyl (C=O) groups excluding carboxylic acids is 2. The van der Waals surface area contributed by atoms with E-state index < -0.39 is 16.1 Å². The van der Waals surface area contributed by atoms with Crippen LogP contribution in [0, 0.1) is 0 Å². The summed E-state index contributed by atoms with van der Waals surface area (Å²) in [6, 6.07) is 5.22. The molecule has 8 heteroatoms. The first kappa shape index (κ1) is 18.6. The van der Waals surface area contributed by atoms with Crippen molar-refractivity contribution in [3.05, 3.63) is 41.5 Å². The lowest BCUT2D eigenvalue weighted by Crippen LogP contribution is -2.40. The molecule has 0 unspecified atom stereocenters. The lowest BCUT2D eigenvalue weighted by molar-refractivity contribution is -0.127. The van der Waals surface area contributed by atoms with Crippen LogP contribution >= 0.6 is 0 Å². The third-order valence-corrected chi connectivity index (χ3v) is 6.31. The van der Waals surface area contributed by atoms with Gasteiger partial charge in [-0.3, -0.25) is 9.59 Å². The number of nitrogens with zero attached hydrogens (tertiary/aromatic N) is 2. The van der Waals surface area contributed by atoms with Gasteiger partial charge < -0.3 is 9.80 Å². The van der Waals surface area contributed by atoms with Gasteiger partial charge in [0.25, 0.3) is 5.91 Å². The lowest BCUT2D eigenvalue weighted by atomic mass is 10.1. The number of hydrogen-bond donors (Lipinski definition) is 1. The molecule has 2 aliphatic heterocycles. The maximum absolute atomic E-state index is 12.6. The third kappa shape index (κ3) is 3.81. The molecule has 1 aromatic rings. The molecule has 0 aliphatic carbocycles. The number of likely N-dealkylation sites (tertiary alicyclic amines) is 1. The predicted molar refractivity (Wildman–Crippen MR) is 97.1 cm³/mol. The molecule has 0 saturated carbocycles. The van der Waals surface area contributed by atoms with Crippen LogP contribution < -0.4 is 4.72 Å². The molecule has 7 nitrogen and oxygen atoms in total. The predicted octanol–water partition coefficient (Wildman–Crippen LogP) is 0.988. The van der Waals surface area contributed by atoms with E-state index in [2.05, 4.69) is 4.72 Å². The summed E-state index contributed by atoms with van der Waals surface area (Å²) in [5.41, 5.74) is 1.58. The minimum Gasteiger partial charge on any atom is -0.344 e. The maximum Gasteiger partial charge on any atom is 0.254 e. The fraction of sp³-hybridized carbons (Fsp3) is 0.444. The van der Waals surface area contributed by atoms with E-state index in [-0.39, 0.29) is 16.7 Å². The molecule has 1 saturated heterocycles. The number of hydrogen-bond acceptors (Lipinski definition) is 4. The highest BCUT2D eigenvalue weighted by Crippen LogP contribution is 2.18. The van der Waals surface area contributed by atoms with Gasteiger partial charge in [-0.05, 0) is 38.0 Å². The molecule has 1 N–H and O–H groups in total. The number of benzene rings is 1. The summed E-state index contributed by atoms with van der Waals surface area (Å²) >= 11 is 0. The van der Waals surface area contributed by atoms with E-state index in [1.807, 2.05) is 13.0 Å². The summed E-state index contributed by atoms with van der Waals surface area (Å²) in [7, 11) is -2.23. The molecule has 2 aliphatic rings. The first-order chi connectivity index (χ1) is 12.3. The van der Waals surface area contributed by atoms with Crippen LogP contribution in [0.5, 0.6) is 0 Å². The van der Waals surface area contributed by atoms with Crippen molar-refractivity contribution < 1.29 is 18.0 Å². The SMILES string of the molecule is CC1=CCN(C(=O)c2cccc(S(=O)(=O)N[C@@H]3CCN(C)C3=O)c2)CC1. The van der Waals surface area contributed by atoms with Gasteiger partial charge in [-0.15, -0.1) is 0 Å². The molecule has 26 heavy (non-hydrogen) atoms. The first-order valence-corrected chi connectivity index (χ1v) is 10.1. The summed E-state index contributed by atoms with van der Waals surface area (Å²) in [4.78, 5) is 27.8. The van der Waals surface area contributed by atoms with Crippen LogP contribution in [0.4, 0.5) is 0 Å². The van der Waals surface area contributed by atoms with Gasteiger partial charge in [0.05, 0.1) is 4.90 Å². The molecular formula is C18H23N3O4S. The van der Waals surface area contributed by atoms with E-state index in [1.54, 1.807) is 24.1 Å². The van der Waals surface area contributed by atoms with Crippen molar-refractivity contribution in [1.29, 1.82) is 0 Å². The summed E-state index contributed by atoms with van der Waals surface area (Å²) in [5.74, 6) is -0.432. The number of nitrogens with one attached hydrogen (secondary N) is 1. The van der Waals surface area contributed by atoms with E-state index in [1.165, 1.54) is 22.6 Å². The van der Waals surface area contributed by atoms with Gasteiger partial charge in [0.2, 0.25) is 15.9 Å². The Morgan fingerprint density at radius 2 is 2.04 bits per heavy atom. The van der Waals surface area contributed by atoms with E-state index in [0.29, 0.717) is 31.6 Å². The zero-order chi connectivity index (χ0) is 18.9. The van der Waals surface area contributed by atoms with Gasteiger partial charge in [0.15, 0.2) is 0 Å². The largest absolute Gasteiger partial charge is 0.344 e. The average molecular weight is 377 g/mol. The molecule has 0 spiro atoms. The minimum atomic E-state index is -3.88. The number of carbonyl (C=O) groups is 2. The fourth-order valence-corrected chi connectivity index (χ4v) is 4.39. The molecular weight excluding hydrogens is 354 g/mol. The van der Waals surface area contributed by atoms with Gasteiger partial charge >= 0.3 is 0 Å². The maximum atomic E-state index is 12.6. The molecule has 2 amide bonds. The van der Waals surface area contributed by atoms with Gasteiger partial charge in [-0.25, -0.2) is 8.42 Å². The van der Waals surface area contributed by atoms with Gasteiger partial charge in [0.1, 0.15) is 6.04 Å². The molecule has 3 rings (SSSR count). The van der Waals surface area contributed by atoms with Crippen molar-refractivity contribution in [1.82, 2.24) is 14.5 Å². The molecule has 2 heterocycles. The Balaban J connectivity index is 1.78. The van der Waals surface area contributed by atoms with Crippen LogP contribution in [0.25, 0.3) is 0 Å². The number of sulfonamides is 1. The van der Waals surface area contributed by atoms with Crippen LogP contribution in [0.15, 0.2) is 40.8 Å². The Morgan fingerprint density at radius 1 is 1.27 bits per heavy atom. The third-order valence-electron chi connectivity index (χ3n) is 4.84. The Hall–Kier alpha value is -2.19. The summed E-state index contributed by atoms with van der Waals surface area (Å²) < 4.78 is 27.7. The summed E-state index contributed by atoms with van der Waals surface area (Å²) in [6.07, 6.45) is 3.26. The Bertz CT molecular complexity index is 863. The monoisotopic (exact) mass is 377 g/mol. The van der Waals surface area contributed by atoms with Crippen LogP contribution in [0.1, 0.15) is 30.1 Å². The topological polar surface area (TPSA) is 86.8 Å². The molecule has 140 valence electrons. The van der Waals surface area contributed by atoms with Crippen molar-refractivity contribution in [2.24, 2.45) is 0 Å². The normalized spacial score (nSPS) is 21.1. The lowest BCUT2D eigenvalue weighted by Gasteiger charge is -2.25. The second kappa shape index (κ2) is 7.20. The number of amides is 2. The van der Waals surface area contributed by atoms with Crippen LogP contribution in [0.2, 0.25) is 0 Å². The minimum absolute atomic E-state index is 0.00515. The van der Waals surface area contributed by atoms with E-state index >= 15 is 0 Å². The summed E-state index contributed by atoms with van der Waals surface area (Å²) in [5, 5.41) is 0. The fourth-order valence-electron chi connectivity index (χ4n) is 3.12. The smallest absolute Gasteiger partial charge is 0.254 e. The highest BCUT2D eigenvalue weighted by molar-refractivity contribution is 7.89. The second-order valence-corrected chi connectivity index (χ2v) is 8.52. The van der Waals surface area contributed by atoms with Gasteiger partial charge in [-0.2, -0.15) is 4.72 Å². The van der Waals surface area contributed by atoms with Crippen molar-refractivity contribution >= 4 is 21.8 Å². The Morgan fingerprint density at radius 3 is 2.65 bits per heavy atom. The quantitative estimate of drug-likeness (QED) is 0.793. The molecule has 1 fully saturated rings. The van der Waals surface area contributed by atoms with Crippen molar-refractivity contribution in [2.75, 3.05) is 26.7 Å². The van der Waals surface area contributed by atoms with Gasteiger partial charge in [-0.1, -0.05) is 17.7 Å². The molecule has 0 aromatic heterocycles. The summed E-state index contributed by atoms with van der Waals surface area (Å²) in [6.45, 7) is 3.71. The average Bonchev–Trinajstić information content (AvgIpc) is 2.93. The first-order valence-electron chi connectivity index (χ1n) is 8.60. The highest BCUT2D eigenvalue weighted by Gasteiger charge is 2.33. The Kier molecular flexibility index (Phi) is 5.15. The molecule has 1 aromatic carbocycles. The molecule has 0 bridgehead atoms. The van der Waals surface area contributed by atoms with Crippen LogP contribution in [-0.2, 0) is 14.8 Å². The second-order valence-electron chi connectivity index (χ2n) is 6.80. The van der Waals surface area contributed by atoms with Crippen LogP contribution in [0.3, 0.4) is 0 Å². The zero-order valence-electron chi connectivity index (χ0n) is 14.9. The van der Waals surface area contributed by atoms with Gasteiger partial charge in [0, 0.05) is 32.2 Å². The highest BCUT2D eigenvalue weighted by atomic mass is 32.2. The van der Waals surface area contributed by atoms with Crippen molar-refractivity contribution in [3.8, 4) is 0 Å². The molecule has 0 radical (unpaired) electrons. The van der Waals surface area contributed by atoms with Crippen molar-refractivity contribution in [2.45, 2.75) is 30.7 Å².